The fourth-order valence-corrected chi connectivity index (χ4v) is 3.98. The van der Waals surface area contributed by atoms with Gasteiger partial charge in [0, 0.05) is 22.9 Å². The molecule has 1 atom stereocenters. The number of methoxy groups -OCH3 is 1. The van der Waals surface area contributed by atoms with Crippen molar-refractivity contribution in [2.24, 2.45) is 0 Å². The fraction of sp³-hybridized carbons (Fsp3) is 0.316. The Hall–Kier alpha value is -2.67. The smallest absolute Gasteiger partial charge is 0.326 e. The molecule has 0 aliphatic heterocycles. The van der Waals surface area contributed by atoms with Crippen LogP contribution in [0, 0.1) is 6.92 Å². The van der Waals surface area contributed by atoms with Crippen molar-refractivity contribution in [3.8, 4) is 16.9 Å². The molecule has 6 nitrogen and oxygen atoms in total. The number of rotatable bonds is 5. The van der Waals surface area contributed by atoms with Crippen LogP contribution in [0.5, 0.6) is 5.75 Å². The van der Waals surface area contributed by atoms with E-state index in [1.807, 2.05) is 37.4 Å². The first-order valence-corrected chi connectivity index (χ1v) is 9.17. The molecule has 0 aliphatic carbocycles. The van der Waals surface area contributed by atoms with Crippen LogP contribution in [0.2, 0.25) is 0 Å². The SMILES string of the molecule is CCc1nc2scc(-c3cc(C)ccc3OC)c2c(=O)n1C(C)C(=O)O. The van der Waals surface area contributed by atoms with Crippen LogP contribution in [0.3, 0.4) is 0 Å². The Bertz CT molecular complexity index is 1050. The lowest BCUT2D eigenvalue weighted by Gasteiger charge is -2.15. The van der Waals surface area contributed by atoms with Crippen LogP contribution in [0.1, 0.15) is 31.3 Å². The third-order valence-corrected chi connectivity index (χ3v) is 5.29. The molecule has 2 heterocycles. The van der Waals surface area contributed by atoms with Crippen molar-refractivity contribution in [3.63, 3.8) is 0 Å². The van der Waals surface area contributed by atoms with E-state index in [0.29, 0.717) is 28.2 Å². The highest BCUT2D eigenvalue weighted by atomic mass is 32.1. The number of nitrogens with zero attached hydrogens (tertiary/aromatic N) is 2. The van der Waals surface area contributed by atoms with Crippen LogP contribution in [-0.2, 0) is 11.2 Å². The summed E-state index contributed by atoms with van der Waals surface area (Å²) in [4.78, 5) is 29.9. The van der Waals surface area contributed by atoms with E-state index < -0.39 is 12.0 Å². The molecule has 26 heavy (non-hydrogen) atoms. The number of aryl methyl sites for hydroxylation is 2. The monoisotopic (exact) mass is 372 g/mol. The van der Waals surface area contributed by atoms with Gasteiger partial charge in [-0.15, -0.1) is 11.3 Å². The molecule has 1 unspecified atom stereocenters. The molecule has 2 aromatic heterocycles. The summed E-state index contributed by atoms with van der Waals surface area (Å²) in [6.07, 6.45) is 0.476. The van der Waals surface area contributed by atoms with Gasteiger partial charge in [-0.3, -0.25) is 9.36 Å². The number of fused-ring (bicyclic) bond motifs is 1. The Kier molecular flexibility index (Phi) is 4.82. The average molecular weight is 372 g/mol. The van der Waals surface area contributed by atoms with E-state index in [2.05, 4.69) is 4.98 Å². The summed E-state index contributed by atoms with van der Waals surface area (Å²) in [5, 5.41) is 11.7. The Balaban J connectivity index is 2.38. The fourth-order valence-electron chi connectivity index (χ4n) is 3.04. The highest BCUT2D eigenvalue weighted by Crippen LogP contribution is 2.37. The number of aliphatic carboxylic acids is 1. The second-order valence-corrected chi connectivity index (χ2v) is 6.96. The molecular formula is C19H20N2O4S. The van der Waals surface area contributed by atoms with Crippen LogP contribution in [-0.4, -0.2) is 27.7 Å². The standard InChI is InChI=1S/C19H20N2O4S/c1-5-15-20-17-16(18(22)21(15)11(3)19(23)24)13(9-26-17)12-8-10(2)6-7-14(12)25-4/h6-9,11H,5H2,1-4H3,(H,23,24). The van der Waals surface area contributed by atoms with Crippen molar-refractivity contribution in [1.29, 1.82) is 0 Å². The number of aromatic nitrogens is 2. The van der Waals surface area contributed by atoms with Crippen LogP contribution in [0.15, 0.2) is 28.4 Å². The van der Waals surface area contributed by atoms with Gasteiger partial charge in [0.2, 0.25) is 0 Å². The van der Waals surface area contributed by atoms with Gasteiger partial charge in [0.05, 0.1) is 12.5 Å². The van der Waals surface area contributed by atoms with E-state index >= 15 is 0 Å². The molecular weight excluding hydrogens is 352 g/mol. The number of thiophene rings is 1. The molecule has 3 aromatic rings. The number of ether oxygens (including phenoxy) is 1. The maximum atomic E-state index is 13.2. The molecule has 0 saturated heterocycles. The van der Waals surface area contributed by atoms with Gasteiger partial charge in [0.1, 0.15) is 22.4 Å². The summed E-state index contributed by atoms with van der Waals surface area (Å²) in [6.45, 7) is 5.32. The van der Waals surface area contributed by atoms with E-state index in [0.717, 1.165) is 16.7 Å². The summed E-state index contributed by atoms with van der Waals surface area (Å²) in [5.74, 6) is 0.0713. The zero-order valence-corrected chi connectivity index (χ0v) is 15.9. The van der Waals surface area contributed by atoms with E-state index in [4.69, 9.17) is 4.74 Å². The Morgan fingerprint density at radius 3 is 2.73 bits per heavy atom. The minimum absolute atomic E-state index is 0.332. The molecule has 0 spiro atoms. The molecule has 1 N–H and O–H groups in total. The molecule has 0 bridgehead atoms. The molecule has 0 radical (unpaired) electrons. The molecule has 0 fully saturated rings. The number of hydrogen-bond donors (Lipinski definition) is 1. The molecule has 7 heteroatoms. The maximum absolute atomic E-state index is 13.2. The van der Waals surface area contributed by atoms with Crippen LogP contribution in [0.25, 0.3) is 21.3 Å². The maximum Gasteiger partial charge on any atom is 0.326 e. The van der Waals surface area contributed by atoms with Crippen molar-refractivity contribution in [1.82, 2.24) is 9.55 Å². The highest BCUT2D eigenvalue weighted by molar-refractivity contribution is 7.17. The number of carbonyl (C=O) groups is 1. The van der Waals surface area contributed by atoms with Crippen LogP contribution >= 0.6 is 11.3 Å². The van der Waals surface area contributed by atoms with Crippen molar-refractivity contribution in [3.05, 3.63) is 45.3 Å². The second kappa shape index (κ2) is 6.92. The predicted octanol–water partition coefficient (Wildman–Crippen LogP) is 3.65. The summed E-state index contributed by atoms with van der Waals surface area (Å²) in [7, 11) is 1.58. The third-order valence-electron chi connectivity index (χ3n) is 4.42. The molecule has 0 amide bonds. The topological polar surface area (TPSA) is 81.4 Å². The molecule has 0 aliphatic rings. The lowest BCUT2D eigenvalue weighted by molar-refractivity contribution is -0.140. The summed E-state index contributed by atoms with van der Waals surface area (Å²) >= 11 is 1.38. The average Bonchev–Trinajstić information content (AvgIpc) is 3.04. The first-order chi connectivity index (χ1) is 12.4. The van der Waals surface area contributed by atoms with E-state index in [1.165, 1.54) is 22.8 Å². The van der Waals surface area contributed by atoms with Gasteiger partial charge in [0.15, 0.2) is 0 Å². The first-order valence-electron chi connectivity index (χ1n) is 8.29. The van der Waals surface area contributed by atoms with Gasteiger partial charge in [-0.2, -0.15) is 0 Å². The van der Waals surface area contributed by atoms with Crippen molar-refractivity contribution in [2.75, 3.05) is 7.11 Å². The van der Waals surface area contributed by atoms with Crippen LogP contribution < -0.4 is 10.3 Å². The number of benzene rings is 1. The zero-order valence-electron chi connectivity index (χ0n) is 15.1. The zero-order chi connectivity index (χ0) is 19.0. The summed E-state index contributed by atoms with van der Waals surface area (Å²) in [5.41, 5.74) is 2.23. The molecule has 136 valence electrons. The summed E-state index contributed by atoms with van der Waals surface area (Å²) < 4.78 is 6.74. The number of hydrogen-bond acceptors (Lipinski definition) is 5. The Labute approximate surface area is 154 Å². The van der Waals surface area contributed by atoms with Crippen molar-refractivity contribution >= 4 is 27.5 Å². The first kappa shape index (κ1) is 18.1. The minimum Gasteiger partial charge on any atom is -0.496 e. The third kappa shape index (κ3) is 2.88. The lowest BCUT2D eigenvalue weighted by Crippen LogP contribution is -2.31. The number of carboxylic acid groups (broad SMARTS) is 1. The molecule has 1 aromatic carbocycles. The van der Waals surface area contributed by atoms with Gasteiger partial charge >= 0.3 is 5.97 Å². The van der Waals surface area contributed by atoms with Crippen molar-refractivity contribution in [2.45, 2.75) is 33.2 Å². The van der Waals surface area contributed by atoms with E-state index in [-0.39, 0.29) is 5.56 Å². The second-order valence-electron chi connectivity index (χ2n) is 6.10. The predicted molar refractivity (Wildman–Crippen MR) is 102 cm³/mol. The molecule has 3 rings (SSSR count). The quantitative estimate of drug-likeness (QED) is 0.739. The van der Waals surface area contributed by atoms with Gasteiger partial charge in [-0.05, 0) is 26.0 Å². The van der Waals surface area contributed by atoms with Gasteiger partial charge in [-0.1, -0.05) is 18.6 Å². The summed E-state index contributed by atoms with van der Waals surface area (Å²) in [6, 6.07) is 4.77. The lowest BCUT2D eigenvalue weighted by atomic mass is 10.0. The van der Waals surface area contributed by atoms with Gasteiger partial charge in [0.25, 0.3) is 5.56 Å². The highest BCUT2D eigenvalue weighted by Gasteiger charge is 2.23. The normalized spacial score (nSPS) is 12.3. The van der Waals surface area contributed by atoms with Gasteiger partial charge < -0.3 is 9.84 Å². The minimum atomic E-state index is -1.06. The van der Waals surface area contributed by atoms with Crippen LogP contribution in [0.4, 0.5) is 0 Å². The molecule has 0 saturated carbocycles. The Morgan fingerprint density at radius 1 is 1.38 bits per heavy atom. The van der Waals surface area contributed by atoms with Crippen molar-refractivity contribution < 1.29 is 14.6 Å². The van der Waals surface area contributed by atoms with E-state index in [1.54, 1.807) is 7.11 Å². The Morgan fingerprint density at radius 2 is 2.12 bits per heavy atom. The number of carboxylic acids is 1. The van der Waals surface area contributed by atoms with E-state index in [9.17, 15) is 14.7 Å². The van der Waals surface area contributed by atoms with Gasteiger partial charge in [-0.25, -0.2) is 9.78 Å². The largest absolute Gasteiger partial charge is 0.496 e.